The molecule has 0 aliphatic rings. The highest BCUT2D eigenvalue weighted by molar-refractivity contribution is 5.79. The molecule has 0 radical (unpaired) electrons. The van der Waals surface area contributed by atoms with Crippen molar-refractivity contribution in [2.45, 2.75) is 52.4 Å². The molecule has 1 aromatic carbocycles. The second-order valence-corrected chi connectivity index (χ2v) is 7.11. The lowest BCUT2D eigenvalue weighted by Crippen LogP contribution is -2.36. The summed E-state index contributed by atoms with van der Waals surface area (Å²) >= 11 is 0. The van der Waals surface area contributed by atoms with E-state index >= 15 is 0 Å². The molecular weight excluding hydrogens is 357 g/mol. The Bertz CT molecular complexity index is 758. The Balaban J connectivity index is 1.98. The maximum Gasteiger partial charge on any atom is 0.416 e. The van der Waals surface area contributed by atoms with Gasteiger partial charge in [-0.2, -0.15) is 13.2 Å². The summed E-state index contributed by atoms with van der Waals surface area (Å²) in [6.45, 7) is 9.32. The number of aromatic nitrogens is 1. The van der Waals surface area contributed by atoms with Gasteiger partial charge in [0.05, 0.1) is 24.8 Å². The van der Waals surface area contributed by atoms with Gasteiger partial charge < -0.3 is 15.1 Å². The van der Waals surface area contributed by atoms with Crippen molar-refractivity contribution < 1.29 is 17.6 Å². The number of nitrogens with one attached hydrogen (secondary N) is 2. The summed E-state index contributed by atoms with van der Waals surface area (Å²) in [4.78, 5) is 8.64. The van der Waals surface area contributed by atoms with E-state index in [0.29, 0.717) is 30.5 Å². The van der Waals surface area contributed by atoms with Crippen molar-refractivity contribution in [3.05, 3.63) is 53.2 Å². The second kappa shape index (κ2) is 8.45. The number of halogens is 3. The third-order valence-electron chi connectivity index (χ3n) is 3.75. The SMILES string of the molecule is CCNC(=NCc1ccc(C(F)(F)F)cc1)NCc1ncc(C(C)(C)C)o1. The van der Waals surface area contributed by atoms with Crippen LogP contribution in [0.4, 0.5) is 13.2 Å². The van der Waals surface area contributed by atoms with Crippen molar-refractivity contribution in [1.29, 1.82) is 0 Å². The van der Waals surface area contributed by atoms with E-state index in [2.05, 4.69) is 20.6 Å². The molecule has 2 aromatic rings. The quantitative estimate of drug-likeness (QED) is 0.600. The van der Waals surface area contributed by atoms with Crippen LogP contribution < -0.4 is 10.6 Å². The molecule has 0 unspecified atom stereocenters. The molecule has 0 aliphatic heterocycles. The van der Waals surface area contributed by atoms with E-state index in [4.69, 9.17) is 4.42 Å². The molecule has 0 amide bonds. The molecular formula is C19H25F3N4O. The number of nitrogens with zero attached hydrogens (tertiary/aromatic N) is 2. The molecule has 0 fully saturated rings. The van der Waals surface area contributed by atoms with Crippen LogP contribution in [0.3, 0.4) is 0 Å². The number of hydrogen-bond donors (Lipinski definition) is 2. The molecule has 27 heavy (non-hydrogen) atoms. The van der Waals surface area contributed by atoms with E-state index < -0.39 is 11.7 Å². The number of oxazole rings is 1. The van der Waals surface area contributed by atoms with Gasteiger partial charge in [-0.1, -0.05) is 32.9 Å². The molecule has 2 N–H and O–H groups in total. The minimum Gasteiger partial charge on any atom is -0.443 e. The number of benzene rings is 1. The average molecular weight is 382 g/mol. The fourth-order valence-electron chi connectivity index (χ4n) is 2.21. The fourth-order valence-corrected chi connectivity index (χ4v) is 2.21. The van der Waals surface area contributed by atoms with Gasteiger partial charge in [-0.05, 0) is 24.6 Å². The first-order valence-corrected chi connectivity index (χ1v) is 8.73. The summed E-state index contributed by atoms with van der Waals surface area (Å²) in [7, 11) is 0. The zero-order valence-electron chi connectivity index (χ0n) is 15.9. The highest BCUT2D eigenvalue weighted by Crippen LogP contribution is 2.29. The highest BCUT2D eigenvalue weighted by Gasteiger charge is 2.29. The van der Waals surface area contributed by atoms with Crippen LogP contribution in [0, 0.1) is 0 Å². The van der Waals surface area contributed by atoms with Gasteiger partial charge in [-0.15, -0.1) is 0 Å². The predicted molar refractivity (Wildman–Crippen MR) is 98.3 cm³/mol. The smallest absolute Gasteiger partial charge is 0.416 e. The van der Waals surface area contributed by atoms with Gasteiger partial charge in [0.2, 0.25) is 5.89 Å². The molecule has 0 bridgehead atoms. The molecule has 0 saturated heterocycles. The van der Waals surface area contributed by atoms with Crippen LogP contribution in [0.2, 0.25) is 0 Å². The summed E-state index contributed by atoms with van der Waals surface area (Å²) in [5.74, 6) is 1.87. The largest absolute Gasteiger partial charge is 0.443 e. The number of guanidine groups is 1. The van der Waals surface area contributed by atoms with Gasteiger partial charge in [-0.25, -0.2) is 9.98 Å². The van der Waals surface area contributed by atoms with Crippen molar-refractivity contribution in [3.63, 3.8) is 0 Å². The Morgan fingerprint density at radius 3 is 2.30 bits per heavy atom. The van der Waals surface area contributed by atoms with Gasteiger partial charge in [0.1, 0.15) is 5.76 Å². The molecule has 1 heterocycles. The van der Waals surface area contributed by atoms with E-state index in [1.165, 1.54) is 12.1 Å². The van der Waals surface area contributed by atoms with Gasteiger partial charge in [-0.3, -0.25) is 0 Å². The summed E-state index contributed by atoms with van der Waals surface area (Å²) in [6.07, 6.45) is -2.62. The molecule has 0 atom stereocenters. The van der Waals surface area contributed by atoms with Gasteiger partial charge >= 0.3 is 6.18 Å². The topological polar surface area (TPSA) is 62.5 Å². The number of alkyl halides is 3. The Kier molecular flexibility index (Phi) is 6.51. The van der Waals surface area contributed by atoms with Crippen LogP contribution in [-0.4, -0.2) is 17.5 Å². The van der Waals surface area contributed by atoms with E-state index in [1.807, 2.05) is 27.7 Å². The molecule has 0 aliphatic carbocycles. The van der Waals surface area contributed by atoms with Crippen molar-refractivity contribution in [3.8, 4) is 0 Å². The van der Waals surface area contributed by atoms with Crippen molar-refractivity contribution in [1.82, 2.24) is 15.6 Å². The third-order valence-corrected chi connectivity index (χ3v) is 3.75. The lowest BCUT2D eigenvalue weighted by molar-refractivity contribution is -0.137. The lowest BCUT2D eigenvalue weighted by Gasteiger charge is -2.13. The van der Waals surface area contributed by atoms with Gasteiger partial charge in [0, 0.05) is 12.0 Å². The van der Waals surface area contributed by atoms with Crippen LogP contribution in [0.15, 0.2) is 39.9 Å². The minimum absolute atomic E-state index is 0.119. The summed E-state index contributed by atoms with van der Waals surface area (Å²) in [5.41, 5.74) is -0.1000. The summed E-state index contributed by atoms with van der Waals surface area (Å²) in [6, 6.07) is 4.98. The van der Waals surface area contributed by atoms with Crippen molar-refractivity contribution in [2.75, 3.05) is 6.54 Å². The summed E-state index contributed by atoms with van der Waals surface area (Å²) < 4.78 is 43.5. The Labute approximate surface area is 157 Å². The van der Waals surface area contributed by atoms with Crippen LogP contribution in [0.5, 0.6) is 0 Å². The normalized spacial score (nSPS) is 12.9. The van der Waals surface area contributed by atoms with Crippen LogP contribution in [0.25, 0.3) is 0 Å². The number of rotatable bonds is 5. The molecule has 5 nitrogen and oxygen atoms in total. The zero-order valence-corrected chi connectivity index (χ0v) is 15.9. The maximum absolute atomic E-state index is 12.6. The highest BCUT2D eigenvalue weighted by atomic mass is 19.4. The minimum atomic E-state index is -4.33. The van der Waals surface area contributed by atoms with Gasteiger partial charge in [0.25, 0.3) is 0 Å². The molecule has 0 spiro atoms. The van der Waals surface area contributed by atoms with Crippen molar-refractivity contribution >= 4 is 5.96 Å². The molecule has 1 aromatic heterocycles. The standard InChI is InChI=1S/C19H25F3N4O/c1-5-23-17(26-12-16-24-11-15(27-16)18(2,3)4)25-10-13-6-8-14(9-7-13)19(20,21)22/h6-9,11H,5,10,12H2,1-4H3,(H2,23,25,26). The Morgan fingerprint density at radius 1 is 1.11 bits per heavy atom. The van der Waals surface area contributed by atoms with E-state index in [1.54, 1.807) is 6.20 Å². The van der Waals surface area contributed by atoms with Gasteiger partial charge in [0.15, 0.2) is 5.96 Å². The van der Waals surface area contributed by atoms with Crippen LogP contribution in [-0.2, 0) is 24.7 Å². The van der Waals surface area contributed by atoms with E-state index in [0.717, 1.165) is 17.9 Å². The lowest BCUT2D eigenvalue weighted by atomic mass is 9.94. The summed E-state index contributed by atoms with van der Waals surface area (Å²) in [5, 5.41) is 6.20. The predicted octanol–water partition coefficient (Wildman–Crippen LogP) is 4.25. The average Bonchev–Trinajstić information content (AvgIpc) is 3.06. The monoisotopic (exact) mass is 382 g/mol. The fraction of sp³-hybridized carbons (Fsp3) is 0.474. The van der Waals surface area contributed by atoms with Crippen molar-refractivity contribution in [2.24, 2.45) is 4.99 Å². The molecule has 0 saturated carbocycles. The first-order valence-electron chi connectivity index (χ1n) is 8.73. The molecule has 2 rings (SSSR count). The molecule has 148 valence electrons. The Morgan fingerprint density at radius 2 is 1.78 bits per heavy atom. The first kappa shape index (κ1) is 20.8. The van der Waals surface area contributed by atoms with Crippen LogP contribution in [0.1, 0.15) is 50.5 Å². The van der Waals surface area contributed by atoms with Crippen LogP contribution >= 0.6 is 0 Å². The molecule has 8 heteroatoms. The van der Waals surface area contributed by atoms with E-state index in [9.17, 15) is 13.2 Å². The third kappa shape index (κ3) is 6.30. The Hall–Kier alpha value is -2.51. The number of hydrogen-bond acceptors (Lipinski definition) is 3. The maximum atomic E-state index is 12.6. The number of aliphatic imine (C=N–C) groups is 1. The van der Waals surface area contributed by atoms with E-state index in [-0.39, 0.29) is 12.0 Å². The zero-order chi connectivity index (χ0) is 20.1. The second-order valence-electron chi connectivity index (χ2n) is 7.11. The first-order chi connectivity index (χ1) is 12.6.